The van der Waals surface area contributed by atoms with Crippen LogP contribution in [0.2, 0.25) is 0 Å². The Kier molecular flexibility index (Phi) is 6.33. The summed E-state index contributed by atoms with van der Waals surface area (Å²) >= 11 is 1.46. The Morgan fingerprint density at radius 2 is 1.69 bits per heavy atom. The van der Waals surface area contributed by atoms with Crippen molar-refractivity contribution >= 4 is 34.6 Å². The number of amidine groups is 1. The van der Waals surface area contributed by atoms with E-state index in [0.29, 0.717) is 0 Å². The summed E-state index contributed by atoms with van der Waals surface area (Å²) in [5.41, 5.74) is 4.50. The first-order chi connectivity index (χ1) is 13.7. The molecular formula is C25H30N2OS. The number of aryl methyl sites for hydroxylation is 1. The highest BCUT2D eigenvalue weighted by molar-refractivity contribution is 8.18. The van der Waals surface area contributed by atoms with Crippen LogP contribution < -0.4 is 0 Å². The van der Waals surface area contributed by atoms with Crippen LogP contribution in [0.1, 0.15) is 57.7 Å². The van der Waals surface area contributed by atoms with E-state index in [1.54, 1.807) is 0 Å². The molecule has 1 fully saturated rings. The van der Waals surface area contributed by atoms with E-state index in [1.165, 1.54) is 22.9 Å². The Morgan fingerprint density at radius 1 is 1.07 bits per heavy atom. The van der Waals surface area contributed by atoms with E-state index < -0.39 is 0 Å². The summed E-state index contributed by atoms with van der Waals surface area (Å²) in [6.07, 6.45) is 2.86. The monoisotopic (exact) mass is 406 g/mol. The van der Waals surface area contributed by atoms with Gasteiger partial charge in [0.15, 0.2) is 5.17 Å². The molecule has 4 heteroatoms. The SMILES string of the molecule is CC[C@@H](C)N1C(=O)/C(=C\c2ccc(C(C)(C)C)cc2)SC1=Nc1ccc(C)cc1. The zero-order valence-electron chi connectivity index (χ0n) is 18.2. The number of benzene rings is 2. The Hall–Kier alpha value is -2.33. The van der Waals surface area contributed by atoms with Gasteiger partial charge in [0.1, 0.15) is 0 Å². The van der Waals surface area contributed by atoms with E-state index in [4.69, 9.17) is 4.99 Å². The van der Waals surface area contributed by atoms with Crippen molar-refractivity contribution in [1.29, 1.82) is 0 Å². The van der Waals surface area contributed by atoms with Gasteiger partial charge >= 0.3 is 0 Å². The minimum atomic E-state index is 0.0371. The van der Waals surface area contributed by atoms with Gasteiger partial charge in [-0.05, 0) is 66.8 Å². The van der Waals surface area contributed by atoms with Gasteiger partial charge in [-0.3, -0.25) is 9.69 Å². The first-order valence-electron chi connectivity index (χ1n) is 10.2. The van der Waals surface area contributed by atoms with Crippen molar-refractivity contribution in [3.63, 3.8) is 0 Å². The Morgan fingerprint density at radius 3 is 2.24 bits per heavy atom. The van der Waals surface area contributed by atoms with Crippen LogP contribution >= 0.6 is 11.8 Å². The minimum Gasteiger partial charge on any atom is -0.284 e. The molecule has 0 saturated carbocycles. The lowest BCUT2D eigenvalue weighted by atomic mass is 9.87. The van der Waals surface area contributed by atoms with Crippen LogP contribution in [-0.4, -0.2) is 22.0 Å². The van der Waals surface area contributed by atoms with Crippen LogP contribution in [0.15, 0.2) is 58.4 Å². The molecule has 29 heavy (non-hydrogen) atoms. The van der Waals surface area contributed by atoms with Crippen LogP contribution in [0.3, 0.4) is 0 Å². The van der Waals surface area contributed by atoms with Gasteiger partial charge in [0.25, 0.3) is 5.91 Å². The molecule has 3 rings (SSSR count). The van der Waals surface area contributed by atoms with Crippen LogP contribution in [0, 0.1) is 6.92 Å². The lowest BCUT2D eigenvalue weighted by Crippen LogP contribution is -2.36. The molecule has 1 amide bonds. The molecule has 0 N–H and O–H groups in total. The molecule has 2 aromatic rings. The normalized spacial score (nSPS) is 18.7. The molecule has 0 radical (unpaired) electrons. The molecule has 1 aliphatic heterocycles. The quantitative estimate of drug-likeness (QED) is 0.530. The number of carbonyl (C=O) groups excluding carboxylic acids is 1. The van der Waals surface area contributed by atoms with Crippen molar-refractivity contribution < 1.29 is 4.79 Å². The van der Waals surface area contributed by atoms with Crippen molar-refractivity contribution in [3.8, 4) is 0 Å². The van der Waals surface area contributed by atoms with E-state index in [2.05, 4.69) is 65.8 Å². The molecule has 0 unspecified atom stereocenters. The van der Waals surface area contributed by atoms with E-state index in [9.17, 15) is 4.79 Å². The molecule has 0 aliphatic carbocycles. The Bertz CT molecular complexity index is 934. The minimum absolute atomic E-state index is 0.0371. The predicted molar refractivity (Wildman–Crippen MR) is 126 cm³/mol. The van der Waals surface area contributed by atoms with Crippen LogP contribution in [0.25, 0.3) is 6.08 Å². The average molecular weight is 407 g/mol. The number of rotatable bonds is 4. The van der Waals surface area contributed by atoms with Crippen LogP contribution in [0.5, 0.6) is 0 Å². The molecule has 0 aromatic heterocycles. The van der Waals surface area contributed by atoms with E-state index >= 15 is 0 Å². The largest absolute Gasteiger partial charge is 0.284 e. The van der Waals surface area contributed by atoms with E-state index in [1.807, 2.05) is 35.2 Å². The number of carbonyl (C=O) groups is 1. The van der Waals surface area contributed by atoms with Crippen molar-refractivity contribution in [2.75, 3.05) is 0 Å². The molecule has 1 atom stereocenters. The number of amides is 1. The third kappa shape index (κ3) is 4.99. The fourth-order valence-electron chi connectivity index (χ4n) is 3.10. The number of hydrogen-bond acceptors (Lipinski definition) is 3. The van der Waals surface area contributed by atoms with Gasteiger partial charge in [-0.25, -0.2) is 4.99 Å². The number of hydrogen-bond donors (Lipinski definition) is 0. The lowest BCUT2D eigenvalue weighted by molar-refractivity contribution is -0.123. The average Bonchev–Trinajstić information content (AvgIpc) is 2.97. The van der Waals surface area contributed by atoms with E-state index in [-0.39, 0.29) is 17.4 Å². The van der Waals surface area contributed by atoms with Gasteiger partial charge < -0.3 is 0 Å². The molecule has 1 saturated heterocycles. The fraction of sp³-hybridized carbons (Fsp3) is 0.360. The number of nitrogens with zero attached hydrogens (tertiary/aromatic N) is 2. The highest BCUT2D eigenvalue weighted by Crippen LogP contribution is 2.36. The second-order valence-corrected chi connectivity index (χ2v) is 9.65. The molecule has 1 aliphatic rings. The third-order valence-corrected chi connectivity index (χ3v) is 6.18. The Balaban J connectivity index is 1.93. The standard InChI is InChI=1S/C25H30N2OS/c1-7-18(3)27-23(28)22(16-19-10-12-20(13-11-19)25(4,5)6)29-24(27)26-21-14-8-17(2)9-15-21/h8-16,18H,7H2,1-6H3/b22-16+,26-24?/t18-/m1/s1. The number of thioether (sulfide) groups is 1. The summed E-state index contributed by atoms with van der Waals surface area (Å²) in [4.78, 5) is 20.5. The third-order valence-electron chi connectivity index (χ3n) is 5.20. The van der Waals surface area contributed by atoms with Crippen molar-refractivity contribution in [2.45, 2.75) is 59.4 Å². The fourth-order valence-corrected chi connectivity index (χ4v) is 4.19. The molecule has 2 aromatic carbocycles. The van der Waals surface area contributed by atoms with Crippen molar-refractivity contribution in [2.24, 2.45) is 4.99 Å². The maximum absolute atomic E-state index is 13.1. The smallest absolute Gasteiger partial charge is 0.266 e. The summed E-state index contributed by atoms with van der Waals surface area (Å²) in [7, 11) is 0. The second-order valence-electron chi connectivity index (χ2n) is 8.65. The molecule has 1 heterocycles. The van der Waals surface area contributed by atoms with Gasteiger partial charge in [0, 0.05) is 6.04 Å². The zero-order chi connectivity index (χ0) is 21.2. The van der Waals surface area contributed by atoms with Gasteiger partial charge in [0.05, 0.1) is 10.6 Å². The molecular weight excluding hydrogens is 376 g/mol. The topological polar surface area (TPSA) is 32.7 Å². The maximum atomic E-state index is 13.1. The van der Waals surface area contributed by atoms with Gasteiger partial charge in [-0.1, -0.05) is 69.7 Å². The van der Waals surface area contributed by atoms with Crippen molar-refractivity contribution in [3.05, 3.63) is 70.1 Å². The van der Waals surface area contributed by atoms with Crippen LogP contribution in [0.4, 0.5) is 5.69 Å². The summed E-state index contributed by atoms with van der Waals surface area (Å²) in [6.45, 7) is 12.8. The summed E-state index contributed by atoms with van der Waals surface area (Å²) in [5.74, 6) is 0.0371. The lowest BCUT2D eigenvalue weighted by Gasteiger charge is -2.22. The molecule has 152 valence electrons. The van der Waals surface area contributed by atoms with Crippen LogP contribution in [-0.2, 0) is 10.2 Å². The maximum Gasteiger partial charge on any atom is 0.266 e. The molecule has 3 nitrogen and oxygen atoms in total. The summed E-state index contributed by atoms with van der Waals surface area (Å²) in [5, 5.41) is 0.755. The van der Waals surface area contributed by atoms with Gasteiger partial charge in [0.2, 0.25) is 0 Å². The first-order valence-corrected chi connectivity index (χ1v) is 11.0. The van der Waals surface area contributed by atoms with Gasteiger partial charge in [-0.15, -0.1) is 0 Å². The first kappa shape index (κ1) is 21.4. The molecule has 0 bridgehead atoms. The van der Waals surface area contributed by atoms with Crippen molar-refractivity contribution in [1.82, 2.24) is 4.90 Å². The summed E-state index contributed by atoms with van der Waals surface area (Å²) in [6, 6.07) is 16.6. The van der Waals surface area contributed by atoms with Gasteiger partial charge in [-0.2, -0.15) is 0 Å². The van der Waals surface area contributed by atoms with E-state index in [0.717, 1.165) is 27.7 Å². The Labute approximate surface area is 178 Å². The molecule has 0 spiro atoms. The summed E-state index contributed by atoms with van der Waals surface area (Å²) < 4.78 is 0. The highest BCUT2D eigenvalue weighted by Gasteiger charge is 2.36. The number of aliphatic imine (C=N–C) groups is 1. The zero-order valence-corrected chi connectivity index (χ0v) is 19.0. The predicted octanol–water partition coefficient (Wildman–Crippen LogP) is 6.70. The second kappa shape index (κ2) is 8.58. The highest BCUT2D eigenvalue weighted by atomic mass is 32.2.